The fraction of sp³-hybridized carbons (Fsp3) is 0.568. The summed E-state index contributed by atoms with van der Waals surface area (Å²) in [7, 11) is 1.75. The van der Waals surface area contributed by atoms with Gasteiger partial charge in [-0.05, 0) is 93.5 Å². The Morgan fingerprint density at radius 2 is 1.78 bits per heavy atom. The molecule has 4 aromatic heterocycles. The summed E-state index contributed by atoms with van der Waals surface area (Å²) >= 11 is 0. The summed E-state index contributed by atoms with van der Waals surface area (Å²) in [5.41, 5.74) is 2.85. The lowest BCUT2D eigenvalue weighted by atomic mass is 9.71. The zero-order chi connectivity index (χ0) is 43.4. The summed E-state index contributed by atoms with van der Waals surface area (Å²) in [5, 5.41) is 13.6. The molecule has 63 heavy (non-hydrogen) atoms. The van der Waals surface area contributed by atoms with Crippen LogP contribution in [0.3, 0.4) is 0 Å². The van der Waals surface area contributed by atoms with Crippen LogP contribution in [0.5, 0.6) is 0 Å². The predicted molar refractivity (Wildman–Crippen MR) is 229 cm³/mol. The van der Waals surface area contributed by atoms with Gasteiger partial charge in [0, 0.05) is 65.1 Å². The number of carbonyl (C=O) groups is 3. The Hall–Kier alpha value is -5.53. The molecule has 10 rings (SSSR count). The van der Waals surface area contributed by atoms with Gasteiger partial charge >= 0.3 is 5.69 Å². The van der Waals surface area contributed by atoms with Crippen LogP contribution >= 0.6 is 0 Å². The van der Waals surface area contributed by atoms with Crippen molar-refractivity contribution in [2.75, 3.05) is 75.8 Å². The van der Waals surface area contributed by atoms with Crippen molar-refractivity contribution in [1.29, 1.82) is 0 Å². The first kappa shape index (κ1) is 41.5. The number of ether oxygens (including phenoxy) is 1. The molecule has 5 aromatic rings. The number of amides is 3. The maximum atomic E-state index is 14.3. The Morgan fingerprint density at radius 1 is 1.00 bits per heavy atom. The number of para-hydroxylation sites is 1. The van der Waals surface area contributed by atoms with Gasteiger partial charge in [0.15, 0.2) is 11.3 Å². The third-order valence-corrected chi connectivity index (χ3v) is 14.3. The molecule has 2 N–H and O–H groups in total. The van der Waals surface area contributed by atoms with E-state index in [1.807, 2.05) is 18.2 Å². The van der Waals surface area contributed by atoms with E-state index in [1.165, 1.54) is 10.7 Å². The molecular weight excluding hydrogens is 815 g/mol. The molecule has 5 aliphatic rings. The first-order valence-corrected chi connectivity index (χ1v) is 22.4. The number of morpholine rings is 1. The van der Waals surface area contributed by atoms with E-state index in [0.717, 1.165) is 101 Å². The van der Waals surface area contributed by atoms with Gasteiger partial charge in [-0.3, -0.25) is 33.5 Å². The van der Waals surface area contributed by atoms with Crippen LogP contribution in [0.2, 0.25) is 0 Å². The summed E-state index contributed by atoms with van der Waals surface area (Å²) in [6, 6.07) is 7.01. The minimum atomic E-state index is -2.85. The topological polar surface area (TPSA) is 169 Å². The van der Waals surface area contributed by atoms with Crippen molar-refractivity contribution in [1.82, 2.24) is 48.6 Å². The quantitative estimate of drug-likeness (QED) is 0.185. The molecule has 17 nitrogen and oxygen atoms in total. The van der Waals surface area contributed by atoms with E-state index in [0.29, 0.717) is 55.5 Å². The second-order valence-electron chi connectivity index (χ2n) is 18.3. The molecular formula is C44H54F2N12O5. The number of alkyl halides is 2. The summed E-state index contributed by atoms with van der Waals surface area (Å²) in [6.45, 7) is 8.74. The number of fused-ring (bicyclic) bond motifs is 2. The van der Waals surface area contributed by atoms with E-state index in [9.17, 15) is 28.0 Å². The number of benzene rings is 1. The van der Waals surface area contributed by atoms with Gasteiger partial charge in [0.2, 0.25) is 11.8 Å². The number of imide groups is 1. The SMILES string of the molecule is Cn1c(=O)n(C2CCC(=O)NC2=O)c2cccc(CCN3CC4(CCN(CC5CCC(n6cc(NC(=O)c7cnn8ccc(N9CCOCC9)nc78)c(C(F)F)n6)CC5)CC4)C3)c21. The molecule has 1 atom stereocenters. The highest BCUT2D eigenvalue weighted by Crippen LogP contribution is 2.42. The molecule has 1 unspecified atom stereocenters. The molecule has 0 radical (unpaired) electrons. The second-order valence-corrected chi connectivity index (χ2v) is 18.3. The van der Waals surface area contributed by atoms with Crippen molar-refractivity contribution in [2.24, 2.45) is 18.4 Å². The van der Waals surface area contributed by atoms with Gasteiger partial charge in [-0.2, -0.15) is 10.2 Å². The lowest BCUT2D eigenvalue weighted by molar-refractivity contribution is -0.135. The monoisotopic (exact) mass is 868 g/mol. The van der Waals surface area contributed by atoms with Crippen LogP contribution < -0.4 is 21.2 Å². The van der Waals surface area contributed by atoms with E-state index in [-0.39, 0.29) is 35.3 Å². The van der Waals surface area contributed by atoms with Crippen molar-refractivity contribution in [2.45, 2.75) is 76.3 Å². The Labute approximate surface area is 362 Å². The number of aryl methyl sites for hydroxylation is 1. The number of hydrogen-bond donors (Lipinski definition) is 2. The number of likely N-dealkylation sites (tertiary alicyclic amines) is 2. The highest BCUT2D eigenvalue weighted by Gasteiger charge is 2.45. The standard InChI is InChI=1S/C44H54F2N12O5/c1-52-38-29(3-2-4-33(38)58(43(52)62)34-9-10-36(59)50-42(34)61)11-15-54-26-44(27-54)13-17-53(18-14-44)24-28-5-7-30(8-6-28)57-25-32(37(51-57)39(45)46)48-41(60)31-23-47-56-16-12-35(49-40(31)56)55-19-21-63-22-20-55/h2-4,12,16,23,25,28,30,34,39H,5-11,13-15,17-22,24,26-27H2,1H3,(H,48,60)(H,50,59,61). The van der Waals surface area contributed by atoms with E-state index in [1.54, 1.807) is 33.3 Å². The lowest BCUT2D eigenvalue weighted by Crippen LogP contribution is -2.60. The predicted octanol–water partition coefficient (Wildman–Crippen LogP) is 3.96. The molecule has 8 heterocycles. The molecule has 19 heteroatoms. The first-order valence-electron chi connectivity index (χ1n) is 22.4. The van der Waals surface area contributed by atoms with Gasteiger partial charge in [0.1, 0.15) is 17.4 Å². The number of halogens is 2. The number of rotatable bonds is 11. The van der Waals surface area contributed by atoms with Gasteiger partial charge in [-0.25, -0.2) is 23.1 Å². The molecule has 4 aliphatic heterocycles. The van der Waals surface area contributed by atoms with Gasteiger partial charge in [-0.1, -0.05) is 12.1 Å². The van der Waals surface area contributed by atoms with Crippen LogP contribution in [0.25, 0.3) is 16.7 Å². The smallest absolute Gasteiger partial charge is 0.329 e. The second kappa shape index (κ2) is 16.9. The van der Waals surface area contributed by atoms with Gasteiger partial charge in [0.25, 0.3) is 12.3 Å². The Kier molecular flexibility index (Phi) is 11.1. The van der Waals surface area contributed by atoms with Gasteiger partial charge < -0.3 is 24.8 Å². The molecule has 1 saturated carbocycles. The van der Waals surface area contributed by atoms with Crippen LogP contribution in [0, 0.1) is 11.3 Å². The van der Waals surface area contributed by atoms with Crippen molar-refractivity contribution in [3.8, 4) is 0 Å². The zero-order valence-corrected chi connectivity index (χ0v) is 35.6. The fourth-order valence-electron chi connectivity index (χ4n) is 10.8. The molecule has 5 fully saturated rings. The molecule has 1 spiro atoms. The maximum absolute atomic E-state index is 14.3. The number of nitrogens with one attached hydrogen (secondary N) is 2. The van der Waals surface area contributed by atoms with Crippen molar-refractivity contribution < 1.29 is 27.9 Å². The number of carbonyl (C=O) groups excluding carboxylic acids is 3. The minimum Gasteiger partial charge on any atom is -0.378 e. The number of nitrogens with zero attached hydrogens (tertiary/aromatic N) is 10. The Morgan fingerprint density at radius 3 is 2.52 bits per heavy atom. The van der Waals surface area contributed by atoms with Crippen molar-refractivity contribution in [3.05, 3.63) is 70.2 Å². The average Bonchev–Trinajstić information content (AvgIpc) is 3.97. The van der Waals surface area contributed by atoms with Crippen molar-refractivity contribution >= 4 is 45.9 Å². The zero-order valence-electron chi connectivity index (χ0n) is 35.6. The highest BCUT2D eigenvalue weighted by atomic mass is 19.3. The van der Waals surface area contributed by atoms with E-state index < -0.39 is 30.0 Å². The van der Waals surface area contributed by atoms with Crippen LogP contribution in [0.4, 0.5) is 20.3 Å². The number of anilines is 2. The Balaban J connectivity index is 0.695. The fourth-order valence-corrected chi connectivity index (χ4v) is 10.8. The van der Waals surface area contributed by atoms with Gasteiger partial charge in [-0.15, -0.1) is 0 Å². The van der Waals surface area contributed by atoms with E-state index >= 15 is 0 Å². The van der Waals surface area contributed by atoms with E-state index in [4.69, 9.17) is 4.74 Å². The summed E-state index contributed by atoms with van der Waals surface area (Å²) in [4.78, 5) is 63.2. The highest BCUT2D eigenvalue weighted by molar-refractivity contribution is 6.08. The third-order valence-electron chi connectivity index (χ3n) is 14.3. The first-order chi connectivity index (χ1) is 30.5. The third kappa shape index (κ3) is 8.03. The van der Waals surface area contributed by atoms with Gasteiger partial charge in [0.05, 0.1) is 42.2 Å². The number of piperidine rings is 2. The summed E-state index contributed by atoms with van der Waals surface area (Å²) in [5.74, 6) is -0.0615. The molecule has 1 aromatic carbocycles. The summed E-state index contributed by atoms with van der Waals surface area (Å²) < 4.78 is 40.4. The average molecular weight is 869 g/mol. The number of imidazole rings is 1. The Bertz CT molecular complexity index is 2590. The number of aromatic nitrogens is 7. The molecule has 4 saturated heterocycles. The number of hydrogen-bond acceptors (Lipinski definition) is 11. The molecule has 1 aliphatic carbocycles. The largest absolute Gasteiger partial charge is 0.378 e. The van der Waals surface area contributed by atoms with Crippen molar-refractivity contribution in [3.63, 3.8) is 0 Å². The normalized spacial score (nSPS) is 23.5. The van der Waals surface area contributed by atoms with Crippen LogP contribution in [-0.2, 0) is 27.8 Å². The molecule has 334 valence electrons. The van der Waals surface area contributed by atoms with E-state index in [2.05, 4.69) is 46.6 Å². The van der Waals surface area contributed by atoms with Crippen LogP contribution in [0.15, 0.2) is 47.7 Å². The van der Waals surface area contributed by atoms with Crippen LogP contribution in [0.1, 0.15) is 91.5 Å². The lowest BCUT2D eigenvalue weighted by Gasteiger charge is -2.54. The van der Waals surface area contributed by atoms with Crippen LogP contribution in [-0.4, -0.2) is 127 Å². The molecule has 0 bridgehead atoms. The molecule has 3 amide bonds. The minimum absolute atomic E-state index is 0.00338. The summed E-state index contributed by atoms with van der Waals surface area (Å²) in [6.07, 6.45) is 9.13. The maximum Gasteiger partial charge on any atom is 0.329 e.